The Morgan fingerprint density at radius 1 is 1.06 bits per heavy atom. The van der Waals surface area contributed by atoms with E-state index >= 15 is 0 Å². The Labute approximate surface area is 200 Å². The number of imidazole rings is 1. The Morgan fingerprint density at radius 2 is 1.88 bits per heavy atom. The van der Waals surface area contributed by atoms with Crippen molar-refractivity contribution in [3.05, 3.63) is 53.1 Å². The molecule has 8 heteroatoms. The minimum atomic E-state index is -3.47. The van der Waals surface area contributed by atoms with Gasteiger partial charge in [0.1, 0.15) is 0 Å². The van der Waals surface area contributed by atoms with E-state index in [2.05, 4.69) is 36.6 Å². The van der Waals surface area contributed by atoms with Crippen LogP contribution in [0.1, 0.15) is 42.4 Å². The molecule has 2 aromatic carbocycles. The summed E-state index contributed by atoms with van der Waals surface area (Å²) in [5.74, 6) is 0.814. The molecule has 0 radical (unpaired) electrons. The number of nitrogens with zero attached hydrogens (tertiary/aromatic N) is 3. The predicted octanol–water partition coefficient (Wildman–Crippen LogP) is 4.91. The van der Waals surface area contributed by atoms with Crippen LogP contribution in [-0.2, 0) is 27.1 Å². The van der Waals surface area contributed by atoms with Gasteiger partial charge >= 0.3 is 0 Å². The Hall–Kier alpha value is -1.87. The molecule has 3 aromatic rings. The van der Waals surface area contributed by atoms with Gasteiger partial charge in [-0.3, -0.25) is 0 Å². The maximum absolute atomic E-state index is 13.1. The van der Waals surface area contributed by atoms with E-state index in [4.69, 9.17) is 9.72 Å². The second kappa shape index (κ2) is 9.41. The standard InChI is InChI=1S/C25H31N3O3S2/c1-18-7-8-20(14-19(18)2)17-32-25-26-23-15-22(33(29,30)27-11-3-4-12-27)9-10-24(23)28(25)16-21-6-5-13-31-21/h7-10,14-15,21H,3-6,11-13,16-17H2,1-2H3. The van der Waals surface area contributed by atoms with E-state index < -0.39 is 10.0 Å². The SMILES string of the molecule is Cc1ccc(CSc2nc3cc(S(=O)(=O)N4CCCC4)ccc3n2CC2CCCO2)cc1C. The van der Waals surface area contributed by atoms with Crippen molar-refractivity contribution >= 4 is 32.8 Å². The summed E-state index contributed by atoms with van der Waals surface area (Å²) in [4.78, 5) is 5.24. The van der Waals surface area contributed by atoms with Crippen LogP contribution in [0.5, 0.6) is 0 Å². The molecule has 2 fully saturated rings. The molecular weight excluding hydrogens is 454 g/mol. The zero-order valence-corrected chi connectivity index (χ0v) is 20.9. The molecule has 5 rings (SSSR count). The molecule has 0 amide bonds. The fourth-order valence-corrected chi connectivity index (χ4v) is 7.15. The van der Waals surface area contributed by atoms with E-state index in [9.17, 15) is 8.42 Å². The molecule has 0 spiro atoms. The van der Waals surface area contributed by atoms with Crippen LogP contribution in [0.15, 0.2) is 46.5 Å². The number of aromatic nitrogens is 2. The number of hydrogen-bond acceptors (Lipinski definition) is 5. The molecule has 0 bridgehead atoms. The number of sulfonamides is 1. The second-order valence-corrected chi connectivity index (χ2v) is 12.0. The summed E-state index contributed by atoms with van der Waals surface area (Å²) >= 11 is 1.70. The Kier molecular flexibility index (Phi) is 6.53. The third kappa shape index (κ3) is 4.71. The summed E-state index contributed by atoms with van der Waals surface area (Å²) < 4.78 is 35.9. The first-order valence-corrected chi connectivity index (χ1v) is 14.2. The van der Waals surface area contributed by atoms with E-state index in [1.165, 1.54) is 16.7 Å². The van der Waals surface area contributed by atoms with Crippen LogP contribution >= 0.6 is 11.8 Å². The molecule has 1 aromatic heterocycles. The molecule has 1 unspecified atom stereocenters. The minimum Gasteiger partial charge on any atom is -0.376 e. The molecule has 0 saturated carbocycles. The van der Waals surface area contributed by atoms with E-state index in [0.29, 0.717) is 18.0 Å². The Balaban J connectivity index is 1.48. The van der Waals surface area contributed by atoms with E-state index in [-0.39, 0.29) is 6.10 Å². The van der Waals surface area contributed by atoms with Crippen molar-refractivity contribution in [2.75, 3.05) is 19.7 Å². The second-order valence-electron chi connectivity index (χ2n) is 9.11. The number of rotatable bonds is 7. The van der Waals surface area contributed by atoms with Crippen LogP contribution in [0.3, 0.4) is 0 Å². The number of hydrogen-bond donors (Lipinski definition) is 0. The number of fused-ring (bicyclic) bond motifs is 1. The van der Waals surface area contributed by atoms with E-state index in [0.717, 1.165) is 60.8 Å². The molecule has 33 heavy (non-hydrogen) atoms. The highest BCUT2D eigenvalue weighted by atomic mass is 32.2. The van der Waals surface area contributed by atoms with Crippen LogP contribution in [0.4, 0.5) is 0 Å². The zero-order valence-electron chi connectivity index (χ0n) is 19.3. The van der Waals surface area contributed by atoms with Gasteiger partial charge in [-0.25, -0.2) is 13.4 Å². The lowest BCUT2D eigenvalue weighted by Gasteiger charge is -2.16. The lowest BCUT2D eigenvalue weighted by atomic mass is 10.1. The lowest BCUT2D eigenvalue weighted by Crippen LogP contribution is -2.27. The minimum absolute atomic E-state index is 0.177. The Bertz CT molecular complexity index is 1260. The highest BCUT2D eigenvalue weighted by Gasteiger charge is 2.28. The van der Waals surface area contributed by atoms with Crippen LogP contribution in [-0.4, -0.2) is 48.1 Å². The van der Waals surface area contributed by atoms with Crippen LogP contribution in [0.2, 0.25) is 0 Å². The zero-order chi connectivity index (χ0) is 23.0. The summed E-state index contributed by atoms with van der Waals surface area (Å²) in [5.41, 5.74) is 5.54. The monoisotopic (exact) mass is 485 g/mol. The first-order valence-electron chi connectivity index (χ1n) is 11.7. The number of thioether (sulfide) groups is 1. The van der Waals surface area contributed by atoms with Gasteiger partial charge in [0, 0.05) is 25.4 Å². The van der Waals surface area contributed by atoms with Crippen molar-refractivity contribution in [2.45, 2.75) is 68.0 Å². The molecular formula is C25H31N3O3S2. The summed E-state index contributed by atoms with van der Waals surface area (Å²) in [6.07, 6.45) is 4.16. The van der Waals surface area contributed by atoms with Crippen molar-refractivity contribution < 1.29 is 13.2 Å². The fraction of sp³-hybridized carbons (Fsp3) is 0.480. The highest BCUT2D eigenvalue weighted by Crippen LogP contribution is 2.31. The molecule has 1 atom stereocenters. The van der Waals surface area contributed by atoms with Gasteiger partial charge < -0.3 is 9.30 Å². The number of ether oxygens (including phenoxy) is 1. The van der Waals surface area contributed by atoms with Gasteiger partial charge in [-0.1, -0.05) is 30.0 Å². The molecule has 0 aliphatic carbocycles. The smallest absolute Gasteiger partial charge is 0.243 e. The van der Waals surface area contributed by atoms with Gasteiger partial charge in [-0.2, -0.15) is 4.31 Å². The summed E-state index contributed by atoms with van der Waals surface area (Å²) in [6, 6.07) is 12.0. The predicted molar refractivity (Wildman–Crippen MR) is 132 cm³/mol. The van der Waals surface area contributed by atoms with E-state index in [1.54, 1.807) is 28.2 Å². The average Bonchev–Trinajstić information content (AvgIpc) is 3.57. The molecule has 2 saturated heterocycles. The largest absolute Gasteiger partial charge is 0.376 e. The first kappa shape index (κ1) is 22.9. The van der Waals surface area contributed by atoms with Crippen molar-refractivity contribution in [1.82, 2.24) is 13.9 Å². The molecule has 6 nitrogen and oxygen atoms in total. The molecule has 176 valence electrons. The van der Waals surface area contributed by atoms with Gasteiger partial charge in [0.2, 0.25) is 10.0 Å². The van der Waals surface area contributed by atoms with Crippen molar-refractivity contribution in [3.63, 3.8) is 0 Å². The summed E-state index contributed by atoms with van der Waals surface area (Å²) in [5, 5.41) is 0.912. The first-order chi connectivity index (χ1) is 15.9. The van der Waals surface area contributed by atoms with Crippen molar-refractivity contribution in [3.8, 4) is 0 Å². The normalized spacial score (nSPS) is 19.6. The van der Waals surface area contributed by atoms with Crippen LogP contribution < -0.4 is 0 Å². The highest BCUT2D eigenvalue weighted by molar-refractivity contribution is 7.98. The quantitative estimate of drug-likeness (QED) is 0.445. The van der Waals surface area contributed by atoms with Crippen LogP contribution in [0.25, 0.3) is 11.0 Å². The molecule has 0 N–H and O–H groups in total. The Morgan fingerprint density at radius 3 is 2.61 bits per heavy atom. The maximum Gasteiger partial charge on any atom is 0.243 e. The molecule has 3 heterocycles. The van der Waals surface area contributed by atoms with Gasteiger partial charge in [0.25, 0.3) is 0 Å². The van der Waals surface area contributed by atoms with Gasteiger partial charge in [0.05, 0.1) is 28.6 Å². The van der Waals surface area contributed by atoms with Gasteiger partial charge in [-0.15, -0.1) is 0 Å². The maximum atomic E-state index is 13.1. The van der Waals surface area contributed by atoms with E-state index in [1.807, 2.05) is 6.07 Å². The van der Waals surface area contributed by atoms with Crippen LogP contribution in [0, 0.1) is 13.8 Å². The van der Waals surface area contributed by atoms with Crippen molar-refractivity contribution in [2.24, 2.45) is 0 Å². The molecule has 2 aliphatic rings. The third-order valence-corrected chi connectivity index (χ3v) is 9.68. The lowest BCUT2D eigenvalue weighted by molar-refractivity contribution is 0.0960. The van der Waals surface area contributed by atoms with Crippen molar-refractivity contribution in [1.29, 1.82) is 0 Å². The molecule has 2 aliphatic heterocycles. The summed E-state index contributed by atoms with van der Waals surface area (Å²) in [7, 11) is -3.47. The average molecular weight is 486 g/mol. The topological polar surface area (TPSA) is 64.4 Å². The number of aryl methyl sites for hydroxylation is 2. The number of benzene rings is 2. The van der Waals surface area contributed by atoms with Gasteiger partial charge in [0.15, 0.2) is 5.16 Å². The fourth-order valence-electron chi connectivity index (χ4n) is 4.65. The summed E-state index contributed by atoms with van der Waals surface area (Å²) in [6.45, 7) is 7.01. The van der Waals surface area contributed by atoms with Gasteiger partial charge in [-0.05, 0) is 74.4 Å². The third-order valence-electron chi connectivity index (χ3n) is 6.74.